The smallest absolute Gasteiger partial charge is 0.418 e. The van der Waals surface area contributed by atoms with Crippen molar-refractivity contribution in [2.75, 3.05) is 45.2 Å². The van der Waals surface area contributed by atoms with Crippen molar-refractivity contribution in [3.05, 3.63) is 29.3 Å². The molecule has 0 aliphatic carbocycles. The second-order valence-electron chi connectivity index (χ2n) is 5.01. The van der Waals surface area contributed by atoms with Crippen LogP contribution >= 0.6 is 0 Å². The Morgan fingerprint density at radius 2 is 1.81 bits per heavy atom. The lowest BCUT2D eigenvalue weighted by Gasteiger charge is -2.35. The van der Waals surface area contributed by atoms with Gasteiger partial charge in [0.2, 0.25) is 0 Å². The van der Waals surface area contributed by atoms with Gasteiger partial charge in [-0.3, -0.25) is 0 Å². The van der Waals surface area contributed by atoms with Crippen molar-refractivity contribution in [1.29, 1.82) is 0 Å². The molecule has 4 nitrogen and oxygen atoms in total. The highest BCUT2D eigenvalue weighted by Crippen LogP contribution is 2.37. The number of methoxy groups -OCH3 is 1. The third-order valence-electron chi connectivity index (χ3n) is 3.57. The predicted octanol–water partition coefficient (Wildman–Crippen LogP) is 2.24. The molecule has 0 spiro atoms. The van der Waals surface area contributed by atoms with E-state index in [1.54, 1.807) is 4.90 Å². The third-order valence-corrected chi connectivity index (χ3v) is 3.57. The van der Waals surface area contributed by atoms with Gasteiger partial charge in [-0.25, -0.2) is 4.79 Å². The predicted molar refractivity (Wildman–Crippen MR) is 72.5 cm³/mol. The van der Waals surface area contributed by atoms with Crippen LogP contribution in [0.3, 0.4) is 0 Å². The average molecular weight is 302 g/mol. The van der Waals surface area contributed by atoms with Crippen molar-refractivity contribution < 1.29 is 22.7 Å². The number of carbonyl (C=O) groups excluding carboxylic acids is 1. The first-order chi connectivity index (χ1) is 9.82. The molecule has 7 heteroatoms. The second kappa shape index (κ2) is 5.93. The fourth-order valence-corrected chi connectivity index (χ4v) is 2.33. The summed E-state index contributed by atoms with van der Waals surface area (Å²) in [6.45, 7) is 2.46. The Labute approximate surface area is 121 Å². The fraction of sp³-hybridized carbons (Fsp3) is 0.500. The lowest BCUT2D eigenvalue weighted by atomic mass is 10.1. The molecule has 0 saturated carbocycles. The van der Waals surface area contributed by atoms with E-state index in [0.29, 0.717) is 26.2 Å². The fourth-order valence-electron chi connectivity index (χ4n) is 2.33. The van der Waals surface area contributed by atoms with E-state index in [0.717, 1.165) is 13.2 Å². The summed E-state index contributed by atoms with van der Waals surface area (Å²) in [7, 11) is 3.08. The number of esters is 1. The van der Waals surface area contributed by atoms with E-state index in [4.69, 9.17) is 0 Å². The molecule has 1 aromatic carbocycles. The van der Waals surface area contributed by atoms with Gasteiger partial charge >= 0.3 is 12.1 Å². The molecule has 116 valence electrons. The van der Waals surface area contributed by atoms with Gasteiger partial charge in [-0.15, -0.1) is 0 Å². The van der Waals surface area contributed by atoms with Crippen LogP contribution in [0.15, 0.2) is 18.2 Å². The maximum absolute atomic E-state index is 13.2. The molecule has 0 radical (unpaired) electrons. The number of benzene rings is 1. The summed E-state index contributed by atoms with van der Waals surface area (Å²) in [6, 6.07) is 3.58. The minimum Gasteiger partial charge on any atom is -0.465 e. The number of likely N-dealkylation sites (N-methyl/N-ethyl adjacent to an activating group) is 1. The summed E-state index contributed by atoms with van der Waals surface area (Å²) in [4.78, 5) is 15.2. The van der Waals surface area contributed by atoms with E-state index in [1.165, 1.54) is 12.1 Å². The summed E-state index contributed by atoms with van der Waals surface area (Å²) in [5.74, 6) is -0.773. The molecule has 2 rings (SSSR count). The number of hydrogen-bond acceptors (Lipinski definition) is 4. The monoisotopic (exact) mass is 302 g/mol. The molecule has 0 unspecified atom stereocenters. The van der Waals surface area contributed by atoms with Gasteiger partial charge in [0.1, 0.15) is 0 Å². The first-order valence-corrected chi connectivity index (χ1v) is 6.56. The lowest BCUT2D eigenvalue weighted by Crippen LogP contribution is -2.45. The Kier molecular flexibility index (Phi) is 4.41. The Balaban J connectivity index is 2.38. The zero-order valence-electron chi connectivity index (χ0n) is 11.9. The van der Waals surface area contributed by atoms with Gasteiger partial charge in [-0.1, -0.05) is 0 Å². The standard InChI is InChI=1S/C14H17F3N2O2/c1-18-5-7-19(8-6-18)12-4-3-10(13(20)21-2)9-11(12)14(15,16)17/h3-4,9H,5-8H2,1-2H3. The van der Waals surface area contributed by atoms with E-state index in [2.05, 4.69) is 9.64 Å². The molecular weight excluding hydrogens is 285 g/mol. The molecule has 0 aromatic heterocycles. The third kappa shape index (κ3) is 3.47. The van der Waals surface area contributed by atoms with Crippen LogP contribution in [0, 0.1) is 0 Å². The van der Waals surface area contributed by atoms with Crippen LogP contribution in [0.5, 0.6) is 0 Å². The summed E-state index contributed by atoms with van der Waals surface area (Å²) in [5, 5.41) is 0. The molecule has 0 N–H and O–H groups in total. The topological polar surface area (TPSA) is 32.8 Å². The largest absolute Gasteiger partial charge is 0.465 e. The van der Waals surface area contributed by atoms with Gasteiger partial charge in [0.15, 0.2) is 0 Å². The molecule has 21 heavy (non-hydrogen) atoms. The minimum absolute atomic E-state index is 0.0947. The van der Waals surface area contributed by atoms with Crippen molar-refractivity contribution in [3.63, 3.8) is 0 Å². The van der Waals surface area contributed by atoms with Gasteiger partial charge in [-0.2, -0.15) is 13.2 Å². The lowest BCUT2D eigenvalue weighted by molar-refractivity contribution is -0.137. The van der Waals surface area contributed by atoms with Crippen molar-refractivity contribution in [3.8, 4) is 0 Å². The highest BCUT2D eigenvalue weighted by Gasteiger charge is 2.36. The highest BCUT2D eigenvalue weighted by molar-refractivity contribution is 5.90. The number of hydrogen-bond donors (Lipinski definition) is 0. The highest BCUT2D eigenvalue weighted by atomic mass is 19.4. The molecule has 1 aliphatic rings. The Hall–Kier alpha value is -1.76. The van der Waals surface area contributed by atoms with Crippen LogP contribution in [0.25, 0.3) is 0 Å². The molecule has 0 atom stereocenters. The zero-order chi connectivity index (χ0) is 15.6. The Morgan fingerprint density at radius 1 is 1.19 bits per heavy atom. The number of piperazine rings is 1. The first kappa shape index (κ1) is 15.6. The zero-order valence-corrected chi connectivity index (χ0v) is 11.9. The molecule has 1 fully saturated rings. The van der Waals surface area contributed by atoms with E-state index >= 15 is 0 Å². The van der Waals surface area contributed by atoms with E-state index in [-0.39, 0.29) is 11.3 Å². The van der Waals surface area contributed by atoms with Crippen molar-refractivity contribution >= 4 is 11.7 Å². The maximum Gasteiger partial charge on any atom is 0.418 e. The maximum atomic E-state index is 13.2. The van der Waals surface area contributed by atoms with Gasteiger partial charge < -0.3 is 14.5 Å². The SMILES string of the molecule is COC(=O)c1ccc(N2CCN(C)CC2)c(C(F)(F)F)c1. The van der Waals surface area contributed by atoms with Gasteiger partial charge in [0.25, 0.3) is 0 Å². The van der Waals surface area contributed by atoms with Gasteiger partial charge in [0.05, 0.1) is 18.2 Å². The summed E-state index contributed by atoms with van der Waals surface area (Å²) in [6.07, 6.45) is -4.51. The van der Waals surface area contributed by atoms with E-state index in [1.807, 2.05) is 7.05 Å². The summed E-state index contributed by atoms with van der Waals surface area (Å²) < 4.78 is 44.2. The van der Waals surface area contributed by atoms with Crippen molar-refractivity contribution in [1.82, 2.24) is 4.90 Å². The summed E-state index contributed by atoms with van der Waals surface area (Å²) in [5.41, 5.74) is -0.777. The minimum atomic E-state index is -4.51. The molecule has 1 saturated heterocycles. The van der Waals surface area contributed by atoms with Crippen LogP contribution < -0.4 is 4.90 Å². The molecule has 0 amide bonds. The number of halogens is 3. The van der Waals surface area contributed by atoms with Crippen molar-refractivity contribution in [2.24, 2.45) is 0 Å². The summed E-state index contributed by atoms with van der Waals surface area (Å²) >= 11 is 0. The number of rotatable bonds is 2. The number of carbonyl (C=O) groups is 1. The quantitative estimate of drug-likeness (QED) is 0.785. The normalized spacial score (nSPS) is 16.9. The van der Waals surface area contributed by atoms with E-state index in [9.17, 15) is 18.0 Å². The average Bonchev–Trinajstić information content (AvgIpc) is 2.46. The molecule has 1 aromatic rings. The number of ether oxygens (including phenoxy) is 1. The molecule has 1 heterocycles. The van der Waals surface area contributed by atoms with Crippen LogP contribution in [-0.2, 0) is 10.9 Å². The number of alkyl halides is 3. The van der Waals surface area contributed by atoms with Crippen LogP contribution in [0.1, 0.15) is 15.9 Å². The Morgan fingerprint density at radius 3 is 2.33 bits per heavy atom. The van der Waals surface area contributed by atoms with E-state index < -0.39 is 17.7 Å². The van der Waals surface area contributed by atoms with Gasteiger partial charge in [-0.05, 0) is 25.2 Å². The number of nitrogens with zero attached hydrogens (tertiary/aromatic N) is 2. The molecule has 0 bridgehead atoms. The van der Waals surface area contributed by atoms with Crippen LogP contribution in [-0.4, -0.2) is 51.2 Å². The Bertz CT molecular complexity index is 523. The van der Waals surface area contributed by atoms with Crippen LogP contribution in [0.2, 0.25) is 0 Å². The first-order valence-electron chi connectivity index (χ1n) is 6.56. The molecule has 1 aliphatic heterocycles. The van der Waals surface area contributed by atoms with Gasteiger partial charge in [0, 0.05) is 31.9 Å². The second-order valence-corrected chi connectivity index (χ2v) is 5.01. The van der Waals surface area contributed by atoms with Crippen LogP contribution in [0.4, 0.5) is 18.9 Å². The van der Waals surface area contributed by atoms with Crippen molar-refractivity contribution in [2.45, 2.75) is 6.18 Å². The molecular formula is C14H17F3N2O2. The number of anilines is 1.